The zero-order valence-corrected chi connectivity index (χ0v) is 10.3. The van der Waals surface area contributed by atoms with Gasteiger partial charge in [0.05, 0.1) is 13.2 Å². The van der Waals surface area contributed by atoms with Crippen molar-refractivity contribution in [3.05, 3.63) is 0 Å². The van der Waals surface area contributed by atoms with Crippen molar-refractivity contribution in [1.82, 2.24) is 0 Å². The standard InChI is InChI=1S/C10H14O6S/c1-4-3-5-8-9(17(12,13)16-5)6(7(4)15-8)10(11)14-2/h4-9H,3H2,1-2H3. The number of rotatable bonds is 1. The van der Waals surface area contributed by atoms with Crippen molar-refractivity contribution in [1.29, 1.82) is 0 Å². The SMILES string of the molecule is COC(=O)C1C2OC3C(CC2C)OS(=O)(=O)C31. The number of methoxy groups -OCH3 is 1. The molecule has 0 radical (unpaired) electrons. The Balaban J connectivity index is 2.06. The van der Waals surface area contributed by atoms with E-state index in [1.807, 2.05) is 6.92 Å². The average Bonchev–Trinajstić information content (AvgIpc) is 2.72. The van der Waals surface area contributed by atoms with Crippen molar-refractivity contribution in [2.75, 3.05) is 7.11 Å². The van der Waals surface area contributed by atoms with Gasteiger partial charge in [-0.05, 0) is 12.3 Å². The molecule has 0 aromatic rings. The molecule has 6 atom stereocenters. The van der Waals surface area contributed by atoms with Crippen LogP contribution in [0.5, 0.6) is 0 Å². The van der Waals surface area contributed by atoms with Gasteiger partial charge in [-0.2, -0.15) is 8.42 Å². The molecule has 3 saturated heterocycles. The molecule has 3 fully saturated rings. The Hall–Kier alpha value is -0.660. The summed E-state index contributed by atoms with van der Waals surface area (Å²) >= 11 is 0. The predicted octanol–water partition coefficient (Wildman–Crippen LogP) is -0.320. The summed E-state index contributed by atoms with van der Waals surface area (Å²) in [7, 11) is -2.45. The summed E-state index contributed by atoms with van der Waals surface area (Å²) in [6.45, 7) is 1.94. The quantitative estimate of drug-likeness (QED) is 0.476. The lowest BCUT2D eigenvalue weighted by molar-refractivity contribution is -0.151. The Kier molecular flexibility index (Phi) is 2.30. The van der Waals surface area contributed by atoms with Crippen molar-refractivity contribution < 1.29 is 26.9 Å². The van der Waals surface area contributed by atoms with Gasteiger partial charge in [-0.1, -0.05) is 6.92 Å². The largest absolute Gasteiger partial charge is 0.469 e. The number of esters is 1. The van der Waals surface area contributed by atoms with Gasteiger partial charge in [0.25, 0.3) is 10.1 Å². The molecule has 6 unspecified atom stereocenters. The first-order valence-corrected chi connectivity index (χ1v) is 7.08. The molecule has 0 spiro atoms. The van der Waals surface area contributed by atoms with Gasteiger partial charge in [0.1, 0.15) is 23.4 Å². The zero-order valence-electron chi connectivity index (χ0n) is 9.53. The van der Waals surface area contributed by atoms with Crippen molar-refractivity contribution in [2.24, 2.45) is 11.8 Å². The topological polar surface area (TPSA) is 78.9 Å². The van der Waals surface area contributed by atoms with Crippen LogP contribution < -0.4 is 0 Å². The minimum absolute atomic E-state index is 0.0980. The van der Waals surface area contributed by atoms with Crippen LogP contribution >= 0.6 is 0 Å². The first-order valence-electron chi connectivity index (χ1n) is 5.61. The van der Waals surface area contributed by atoms with Crippen LogP contribution in [0.4, 0.5) is 0 Å². The first-order chi connectivity index (χ1) is 7.95. The maximum Gasteiger partial charge on any atom is 0.312 e. The number of hydrogen-bond donors (Lipinski definition) is 0. The number of carbonyl (C=O) groups is 1. The van der Waals surface area contributed by atoms with Gasteiger partial charge >= 0.3 is 5.97 Å². The minimum atomic E-state index is -3.71. The summed E-state index contributed by atoms with van der Waals surface area (Å²) < 4.78 is 39.1. The Morgan fingerprint density at radius 1 is 1.35 bits per heavy atom. The van der Waals surface area contributed by atoms with E-state index >= 15 is 0 Å². The van der Waals surface area contributed by atoms with Crippen LogP contribution in [-0.2, 0) is 28.6 Å². The maximum atomic E-state index is 11.9. The summed E-state index contributed by atoms with van der Waals surface area (Å²) in [4.78, 5) is 11.8. The second-order valence-electron chi connectivity index (χ2n) is 4.92. The highest BCUT2D eigenvalue weighted by Crippen LogP contribution is 2.49. The molecule has 0 aliphatic carbocycles. The van der Waals surface area contributed by atoms with E-state index in [0.29, 0.717) is 6.42 Å². The van der Waals surface area contributed by atoms with E-state index in [9.17, 15) is 13.2 Å². The molecule has 96 valence electrons. The highest BCUT2D eigenvalue weighted by molar-refractivity contribution is 7.87. The Morgan fingerprint density at radius 2 is 2.06 bits per heavy atom. The van der Waals surface area contributed by atoms with Crippen molar-refractivity contribution >= 4 is 16.1 Å². The molecule has 0 amide bonds. The van der Waals surface area contributed by atoms with E-state index in [1.165, 1.54) is 7.11 Å². The summed E-state index contributed by atoms with van der Waals surface area (Å²) in [5, 5.41) is -0.894. The third-order valence-corrected chi connectivity index (χ3v) is 5.69. The van der Waals surface area contributed by atoms with Gasteiger partial charge in [-0.3, -0.25) is 8.98 Å². The van der Waals surface area contributed by atoms with Crippen LogP contribution in [0, 0.1) is 11.8 Å². The lowest BCUT2D eigenvalue weighted by Crippen LogP contribution is -2.41. The van der Waals surface area contributed by atoms with E-state index in [2.05, 4.69) is 0 Å². The highest BCUT2D eigenvalue weighted by Gasteiger charge is 2.66. The molecule has 6 nitrogen and oxygen atoms in total. The Bertz CT molecular complexity index is 457. The molecule has 0 aromatic carbocycles. The van der Waals surface area contributed by atoms with E-state index < -0.39 is 39.5 Å². The molecular formula is C10H14O6S. The van der Waals surface area contributed by atoms with Crippen LogP contribution in [0.1, 0.15) is 13.3 Å². The Labute approximate surface area is 99.3 Å². The van der Waals surface area contributed by atoms with E-state index in [-0.39, 0.29) is 12.0 Å². The van der Waals surface area contributed by atoms with E-state index in [4.69, 9.17) is 13.7 Å². The van der Waals surface area contributed by atoms with Gasteiger partial charge in [0, 0.05) is 0 Å². The maximum absolute atomic E-state index is 11.9. The summed E-state index contributed by atoms with van der Waals surface area (Å²) in [5.41, 5.74) is 0. The zero-order chi connectivity index (χ0) is 12.4. The van der Waals surface area contributed by atoms with Crippen molar-refractivity contribution in [3.63, 3.8) is 0 Å². The normalized spacial score (nSPS) is 50.2. The molecule has 3 heterocycles. The van der Waals surface area contributed by atoms with Crippen LogP contribution in [-0.4, -0.2) is 45.1 Å². The highest BCUT2D eigenvalue weighted by atomic mass is 32.2. The average molecular weight is 262 g/mol. The molecule has 3 aliphatic heterocycles. The third-order valence-electron chi connectivity index (χ3n) is 3.94. The number of hydrogen-bond acceptors (Lipinski definition) is 6. The van der Waals surface area contributed by atoms with Crippen LogP contribution in [0.2, 0.25) is 0 Å². The second-order valence-corrected chi connectivity index (χ2v) is 6.64. The molecule has 0 N–H and O–H groups in total. The second kappa shape index (κ2) is 3.43. The van der Waals surface area contributed by atoms with Gasteiger partial charge in [-0.15, -0.1) is 0 Å². The van der Waals surface area contributed by atoms with Gasteiger partial charge in [-0.25, -0.2) is 0 Å². The summed E-state index contributed by atoms with van der Waals surface area (Å²) in [6.07, 6.45) is -0.706. The van der Waals surface area contributed by atoms with Crippen molar-refractivity contribution in [2.45, 2.75) is 36.9 Å². The first kappa shape index (κ1) is 11.4. The van der Waals surface area contributed by atoms with Gasteiger partial charge in [0.15, 0.2) is 0 Å². The summed E-state index contributed by atoms with van der Waals surface area (Å²) in [5.74, 6) is -1.18. The van der Waals surface area contributed by atoms with E-state index in [0.717, 1.165) is 0 Å². The minimum Gasteiger partial charge on any atom is -0.469 e. The molecule has 0 aromatic heterocycles. The number of carbonyl (C=O) groups excluding carboxylic acids is 1. The smallest absolute Gasteiger partial charge is 0.312 e. The fourth-order valence-electron chi connectivity index (χ4n) is 3.24. The lowest BCUT2D eigenvalue weighted by atomic mass is 9.91. The number of fused-ring (bicyclic) bond motifs is 1. The van der Waals surface area contributed by atoms with Crippen molar-refractivity contribution in [3.8, 4) is 0 Å². The molecule has 0 saturated carbocycles. The number of ether oxygens (including phenoxy) is 2. The van der Waals surface area contributed by atoms with Gasteiger partial charge in [0.2, 0.25) is 0 Å². The molecule has 3 aliphatic rings. The predicted molar refractivity (Wildman–Crippen MR) is 55.5 cm³/mol. The molecule has 3 rings (SSSR count). The lowest BCUT2D eigenvalue weighted by Gasteiger charge is -2.31. The Morgan fingerprint density at radius 3 is 2.71 bits per heavy atom. The fourth-order valence-corrected chi connectivity index (χ4v) is 5.09. The fraction of sp³-hybridized carbons (Fsp3) is 0.900. The van der Waals surface area contributed by atoms with Crippen LogP contribution in [0.3, 0.4) is 0 Å². The molecular weight excluding hydrogens is 248 g/mol. The molecule has 7 heteroatoms. The van der Waals surface area contributed by atoms with Crippen LogP contribution in [0.15, 0.2) is 0 Å². The summed E-state index contributed by atoms with van der Waals surface area (Å²) in [6, 6.07) is 0. The van der Waals surface area contributed by atoms with Gasteiger partial charge < -0.3 is 9.47 Å². The van der Waals surface area contributed by atoms with Crippen LogP contribution in [0.25, 0.3) is 0 Å². The molecule has 2 bridgehead atoms. The molecule has 17 heavy (non-hydrogen) atoms. The third kappa shape index (κ3) is 1.39. The van der Waals surface area contributed by atoms with E-state index in [1.54, 1.807) is 0 Å². The monoisotopic (exact) mass is 262 g/mol.